The van der Waals surface area contributed by atoms with E-state index in [9.17, 15) is 15.0 Å². The van der Waals surface area contributed by atoms with Gasteiger partial charge >= 0.3 is 0 Å². The predicted molar refractivity (Wildman–Crippen MR) is 77.3 cm³/mol. The van der Waals surface area contributed by atoms with E-state index in [1.54, 1.807) is 6.07 Å². The number of carbonyl (C=O) groups excluding carboxylic acids is 1. The van der Waals surface area contributed by atoms with Crippen molar-refractivity contribution in [3.63, 3.8) is 0 Å². The average Bonchev–Trinajstić information content (AvgIpc) is 2.75. The minimum atomic E-state index is -0.991. The molecule has 5 heteroatoms. The number of benzene rings is 2. The summed E-state index contributed by atoms with van der Waals surface area (Å²) in [4.78, 5) is 12.6. The fourth-order valence-electron chi connectivity index (χ4n) is 3.36. The summed E-state index contributed by atoms with van der Waals surface area (Å²) in [6, 6.07) is 10.5. The van der Waals surface area contributed by atoms with Gasteiger partial charge in [0.25, 0.3) is 5.91 Å². The number of fused-ring (bicyclic) bond motifs is 4. The molecule has 5 nitrogen and oxygen atoms in total. The Morgan fingerprint density at radius 3 is 2.67 bits per heavy atom. The van der Waals surface area contributed by atoms with Gasteiger partial charge in [-0.3, -0.25) is 10.1 Å². The van der Waals surface area contributed by atoms with Crippen LogP contribution >= 0.6 is 0 Å². The van der Waals surface area contributed by atoms with E-state index in [1.807, 2.05) is 24.3 Å². The zero-order valence-electron chi connectivity index (χ0n) is 11.2. The second-order valence-corrected chi connectivity index (χ2v) is 5.42. The van der Waals surface area contributed by atoms with Crippen LogP contribution in [0.2, 0.25) is 0 Å². The summed E-state index contributed by atoms with van der Waals surface area (Å²) in [5.74, 6) is -0.527. The van der Waals surface area contributed by atoms with E-state index in [2.05, 4.69) is 10.6 Å². The molecule has 0 aliphatic carbocycles. The van der Waals surface area contributed by atoms with Crippen LogP contribution in [-0.4, -0.2) is 22.7 Å². The van der Waals surface area contributed by atoms with Crippen molar-refractivity contribution in [2.75, 3.05) is 11.9 Å². The molecular formula is C16H14N2O3. The Labute approximate surface area is 121 Å². The summed E-state index contributed by atoms with van der Waals surface area (Å²) in [5, 5.41) is 25.7. The van der Waals surface area contributed by atoms with Crippen LogP contribution in [-0.2, 0) is 16.8 Å². The molecule has 0 bridgehead atoms. The Bertz CT molecular complexity index is 772. The van der Waals surface area contributed by atoms with Crippen molar-refractivity contribution in [3.8, 4) is 11.5 Å². The first-order chi connectivity index (χ1) is 10.1. The topological polar surface area (TPSA) is 81.6 Å². The number of nitrogens with one attached hydrogen (secondary N) is 2. The monoisotopic (exact) mass is 282 g/mol. The van der Waals surface area contributed by atoms with Crippen LogP contribution in [0.4, 0.5) is 5.69 Å². The molecule has 1 spiro atoms. The number of para-hydroxylation sites is 1. The number of amides is 1. The van der Waals surface area contributed by atoms with E-state index in [1.165, 1.54) is 6.07 Å². The van der Waals surface area contributed by atoms with Gasteiger partial charge in [-0.1, -0.05) is 18.2 Å². The number of hydrogen-bond acceptors (Lipinski definition) is 4. The molecule has 2 aliphatic heterocycles. The Morgan fingerprint density at radius 1 is 1.05 bits per heavy atom. The molecule has 2 aliphatic rings. The lowest BCUT2D eigenvalue weighted by molar-refractivity contribution is -0.120. The molecule has 106 valence electrons. The van der Waals surface area contributed by atoms with Gasteiger partial charge in [0, 0.05) is 17.8 Å². The Hall–Kier alpha value is -2.53. The van der Waals surface area contributed by atoms with Crippen molar-refractivity contribution in [2.45, 2.75) is 12.0 Å². The van der Waals surface area contributed by atoms with Gasteiger partial charge in [0.1, 0.15) is 0 Å². The van der Waals surface area contributed by atoms with Crippen LogP contribution in [0, 0.1) is 0 Å². The smallest absolute Gasteiger partial charge is 0.254 e. The van der Waals surface area contributed by atoms with Crippen LogP contribution in [0.5, 0.6) is 11.5 Å². The third-order valence-electron chi connectivity index (χ3n) is 4.31. The first kappa shape index (κ1) is 12.2. The van der Waals surface area contributed by atoms with Crippen LogP contribution < -0.4 is 10.6 Å². The van der Waals surface area contributed by atoms with Gasteiger partial charge in [0.05, 0.1) is 0 Å². The fourth-order valence-corrected chi connectivity index (χ4v) is 3.36. The van der Waals surface area contributed by atoms with Crippen molar-refractivity contribution >= 4 is 11.6 Å². The fraction of sp³-hybridized carbons (Fsp3) is 0.188. The SMILES string of the molecule is O=C1Nc2ccccc2C12NCCc1cc(O)c(O)cc12. The minimum Gasteiger partial charge on any atom is -0.504 e. The first-order valence-electron chi connectivity index (χ1n) is 6.84. The Morgan fingerprint density at radius 2 is 1.81 bits per heavy atom. The minimum absolute atomic E-state index is 0.155. The summed E-state index contributed by atoms with van der Waals surface area (Å²) in [7, 11) is 0. The lowest BCUT2D eigenvalue weighted by atomic mass is 9.78. The maximum absolute atomic E-state index is 12.6. The third kappa shape index (κ3) is 1.46. The van der Waals surface area contributed by atoms with E-state index >= 15 is 0 Å². The van der Waals surface area contributed by atoms with Gasteiger partial charge in [-0.15, -0.1) is 0 Å². The van der Waals surface area contributed by atoms with Crippen molar-refractivity contribution < 1.29 is 15.0 Å². The number of hydrogen-bond donors (Lipinski definition) is 4. The van der Waals surface area contributed by atoms with E-state index in [0.717, 1.165) is 16.8 Å². The number of phenols is 2. The summed E-state index contributed by atoms with van der Waals surface area (Å²) in [5.41, 5.74) is 2.20. The molecule has 1 amide bonds. The van der Waals surface area contributed by atoms with Crippen LogP contribution in [0.15, 0.2) is 36.4 Å². The molecule has 0 saturated heterocycles. The Kier molecular flexibility index (Phi) is 2.32. The van der Waals surface area contributed by atoms with E-state index in [-0.39, 0.29) is 17.4 Å². The molecule has 4 rings (SSSR count). The van der Waals surface area contributed by atoms with Crippen molar-refractivity contribution in [1.82, 2.24) is 5.32 Å². The van der Waals surface area contributed by atoms with Gasteiger partial charge in [-0.25, -0.2) is 0 Å². The highest BCUT2D eigenvalue weighted by atomic mass is 16.3. The molecule has 2 aromatic carbocycles. The van der Waals surface area contributed by atoms with Crippen molar-refractivity contribution in [1.29, 1.82) is 0 Å². The number of anilines is 1. The van der Waals surface area contributed by atoms with Gasteiger partial charge in [0.15, 0.2) is 17.0 Å². The van der Waals surface area contributed by atoms with E-state index in [0.29, 0.717) is 18.5 Å². The highest BCUT2D eigenvalue weighted by Crippen LogP contribution is 2.46. The van der Waals surface area contributed by atoms with E-state index in [4.69, 9.17) is 0 Å². The Balaban J connectivity index is 2.03. The highest BCUT2D eigenvalue weighted by Gasteiger charge is 2.50. The third-order valence-corrected chi connectivity index (χ3v) is 4.31. The lowest BCUT2D eigenvalue weighted by Gasteiger charge is -2.35. The van der Waals surface area contributed by atoms with Crippen molar-refractivity contribution in [2.24, 2.45) is 0 Å². The maximum atomic E-state index is 12.6. The quantitative estimate of drug-likeness (QED) is 0.551. The number of rotatable bonds is 0. The zero-order valence-corrected chi connectivity index (χ0v) is 11.2. The van der Waals surface area contributed by atoms with Gasteiger partial charge in [-0.2, -0.15) is 0 Å². The average molecular weight is 282 g/mol. The van der Waals surface area contributed by atoms with Gasteiger partial charge < -0.3 is 15.5 Å². The van der Waals surface area contributed by atoms with E-state index < -0.39 is 5.54 Å². The normalized spacial score (nSPS) is 22.8. The predicted octanol–water partition coefficient (Wildman–Crippen LogP) is 1.44. The maximum Gasteiger partial charge on any atom is 0.254 e. The van der Waals surface area contributed by atoms with Crippen LogP contribution in [0.25, 0.3) is 0 Å². The van der Waals surface area contributed by atoms with Crippen molar-refractivity contribution in [3.05, 3.63) is 53.1 Å². The van der Waals surface area contributed by atoms with Crippen LogP contribution in [0.1, 0.15) is 16.7 Å². The van der Waals surface area contributed by atoms with Gasteiger partial charge in [0.2, 0.25) is 0 Å². The molecule has 2 heterocycles. The number of phenolic OH excluding ortho intramolecular Hbond substituents is 2. The summed E-state index contributed by atoms with van der Waals surface area (Å²) >= 11 is 0. The van der Waals surface area contributed by atoms with Crippen LogP contribution in [0.3, 0.4) is 0 Å². The summed E-state index contributed by atoms with van der Waals surface area (Å²) < 4.78 is 0. The molecule has 0 fully saturated rings. The molecule has 21 heavy (non-hydrogen) atoms. The zero-order chi connectivity index (χ0) is 14.6. The molecule has 0 saturated carbocycles. The molecule has 4 N–H and O–H groups in total. The molecule has 1 atom stereocenters. The highest BCUT2D eigenvalue weighted by molar-refractivity contribution is 6.08. The molecule has 0 radical (unpaired) electrons. The second kappa shape index (κ2) is 3.99. The summed E-state index contributed by atoms with van der Waals surface area (Å²) in [6.45, 7) is 0.624. The number of carbonyl (C=O) groups is 1. The molecule has 1 unspecified atom stereocenters. The molecular weight excluding hydrogens is 268 g/mol. The molecule has 2 aromatic rings. The largest absolute Gasteiger partial charge is 0.504 e. The lowest BCUT2D eigenvalue weighted by Crippen LogP contribution is -2.52. The summed E-state index contributed by atoms with van der Waals surface area (Å²) in [6.07, 6.45) is 0.695. The standard InChI is InChI=1S/C16H14N2O3/c19-13-7-9-5-6-17-16(11(9)8-14(13)20)10-3-1-2-4-12(10)18-15(16)21/h1-4,7-8,17,19-20H,5-6H2,(H,18,21). The number of aromatic hydroxyl groups is 2. The van der Waals surface area contributed by atoms with Gasteiger partial charge in [-0.05, 0) is 35.7 Å². The second-order valence-electron chi connectivity index (χ2n) is 5.42. The molecule has 0 aromatic heterocycles. The first-order valence-corrected chi connectivity index (χ1v) is 6.84.